The Bertz CT molecular complexity index is 988. The standard InChI is InChI=1S/C22H30N2O8S/c1-30-18-8-7-15(11-19(18)31-2)22(27)23-12-21(26)32-13-20(25)24(16-5-3-4-6-16)17-9-10-33(28,29)14-17/h7-8,11,16-17H,3-6,9-10,12-14H2,1-2H3,(H,23,27). The molecule has 33 heavy (non-hydrogen) atoms. The first-order valence-electron chi connectivity index (χ1n) is 10.9. The molecule has 3 rings (SSSR count). The van der Waals surface area contributed by atoms with Gasteiger partial charge in [-0.05, 0) is 37.5 Å². The van der Waals surface area contributed by atoms with Crippen molar-refractivity contribution in [2.75, 3.05) is 38.9 Å². The SMILES string of the molecule is COc1ccc(C(=O)NCC(=O)OCC(=O)N(C2CCCC2)C2CCS(=O)(=O)C2)cc1OC. The number of nitrogens with zero attached hydrogens (tertiary/aromatic N) is 1. The molecule has 1 saturated carbocycles. The Morgan fingerprint density at radius 1 is 1.03 bits per heavy atom. The summed E-state index contributed by atoms with van der Waals surface area (Å²) in [5.41, 5.74) is 0.270. The van der Waals surface area contributed by atoms with Crippen molar-refractivity contribution in [1.29, 1.82) is 0 Å². The van der Waals surface area contributed by atoms with Crippen LogP contribution in [-0.2, 0) is 24.2 Å². The molecule has 1 aliphatic carbocycles. The summed E-state index contributed by atoms with van der Waals surface area (Å²) in [5, 5.41) is 2.45. The Balaban J connectivity index is 1.52. The molecule has 1 N–H and O–H groups in total. The number of hydrogen-bond acceptors (Lipinski definition) is 8. The van der Waals surface area contributed by atoms with Gasteiger partial charge in [0, 0.05) is 17.6 Å². The number of methoxy groups -OCH3 is 2. The predicted octanol–water partition coefficient (Wildman–Crippen LogP) is 0.935. The van der Waals surface area contributed by atoms with E-state index in [-0.39, 0.29) is 29.2 Å². The number of sulfone groups is 1. The maximum atomic E-state index is 12.9. The molecule has 0 radical (unpaired) electrons. The lowest BCUT2D eigenvalue weighted by atomic mass is 10.1. The van der Waals surface area contributed by atoms with E-state index in [4.69, 9.17) is 14.2 Å². The van der Waals surface area contributed by atoms with Crippen LogP contribution >= 0.6 is 0 Å². The van der Waals surface area contributed by atoms with Gasteiger partial charge < -0.3 is 24.4 Å². The summed E-state index contributed by atoms with van der Waals surface area (Å²) in [6.45, 7) is -0.903. The summed E-state index contributed by atoms with van der Waals surface area (Å²) in [5.74, 6) is -0.817. The number of benzene rings is 1. The molecule has 2 amide bonds. The van der Waals surface area contributed by atoms with Gasteiger partial charge in [0.2, 0.25) is 0 Å². The fourth-order valence-corrected chi connectivity index (χ4v) is 6.09. The van der Waals surface area contributed by atoms with Crippen LogP contribution in [0.5, 0.6) is 11.5 Å². The van der Waals surface area contributed by atoms with Crippen molar-refractivity contribution in [2.45, 2.75) is 44.2 Å². The van der Waals surface area contributed by atoms with Crippen molar-refractivity contribution in [3.63, 3.8) is 0 Å². The third-order valence-corrected chi connectivity index (χ3v) is 7.75. The van der Waals surface area contributed by atoms with Gasteiger partial charge in [0.1, 0.15) is 6.54 Å². The van der Waals surface area contributed by atoms with E-state index in [1.165, 1.54) is 26.4 Å². The van der Waals surface area contributed by atoms with Crippen molar-refractivity contribution in [1.82, 2.24) is 10.2 Å². The van der Waals surface area contributed by atoms with Gasteiger partial charge >= 0.3 is 5.97 Å². The van der Waals surface area contributed by atoms with Crippen LogP contribution in [0.3, 0.4) is 0 Å². The molecule has 1 atom stereocenters. The van der Waals surface area contributed by atoms with Gasteiger partial charge in [0.15, 0.2) is 27.9 Å². The zero-order valence-electron chi connectivity index (χ0n) is 18.9. The minimum Gasteiger partial charge on any atom is -0.493 e. The molecule has 1 aliphatic heterocycles. The van der Waals surface area contributed by atoms with Gasteiger partial charge in [-0.3, -0.25) is 14.4 Å². The summed E-state index contributed by atoms with van der Waals surface area (Å²) < 4.78 is 39.2. The van der Waals surface area contributed by atoms with Crippen molar-refractivity contribution >= 4 is 27.6 Å². The van der Waals surface area contributed by atoms with Gasteiger partial charge in [0.25, 0.3) is 11.8 Å². The summed E-state index contributed by atoms with van der Waals surface area (Å²) in [4.78, 5) is 38.9. The molecule has 1 aromatic carbocycles. The van der Waals surface area contributed by atoms with Crippen molar-refractivity contribution in [3.8, 4) is 11.5 Å². The van der Waals surface area contributed by atoms with Gasteiger partial charge in [-0.1, -0.05) is 12.8 Å². The topological polar surface area (TPSA) is 128 Å². The Morgan fingerprint density at radius 3 is 2.33 bits per heavy atom. The number of rotatable bonds is 9. The molecule has 1 aromatic rings. The fourth-order valence-electron chi connectivity index (χ4n) is 4.38. The lowest BCUT2D eigenvalue weighted by Gasteiger charge is -2.33. The highest BCUT2D eigenvalue weighted by atomic mass is 32.2. The highest BCUT2D eigenvalue weighted by Gasteiger charge is 2.39. The summed E-state index contributed by atoms with van der Waals surface area (Å²) in [6, 6.07) is 4.18. The molecule has 182 valence electrons. The zero-order chi connectivity index (χ0) is 24.0. The van der Waals surface area contributed by atoms with Crippen LogP contribution < -0.4 is 14.8 Å². The molecule has 11 heteroatoms. The van der Waals surface area contributed by atoms with Crippen molar-refractivity contribution in [2.24, 2.45) is 0 Å². The number of hydrogen-bond donors (Lipinski definition) is 1. The van der Waals surface area contributed by atoms with Crippen LogP contribution in [0.2, 0.25) is 0 Å². The summed E-state index contributed by atoms with van der Waals surface area (Å²) in [7, 11) is -0.226. The lowest BCUT2D eigenvalue weighted by molar-refractivity contribution is -0.153. The van der Waals surface area contributed by atoms with Crippen LogP contribution in [0.25, 0.3) is 0 Å². The number of amides is 2. The zero-order valence-corrected chi connectivity index (χ0v) is 19.7. The van der Waals surface area contributed by atoms with E-state index in [1.54, 1.807) is 11.0 Å². The third kappa shape index (κ3) is 6.37. The van der Waals surface area contributed by atoms with E-state index >= 15 is 0 Å². The highest BCUT2D eigenvalue weighted by molar-refractivity contribution is 7.91. The summed E-state index contributed by atoms with van der Waals surface area (Å²) in [6.07, 6.45) is 4.00. The van der Waals surface area contributed by atoms with Crippen LogP contribution in [-0.4, -0.2) is 82.1 Å². The molecule has 0 bridgehead atoms. The molecular weight excluding hydrogens is 452 g/mol. The Labute approximate surface area is 193 Å². The first-order valence-corrected chi connectivity index (χ1v) is 12.7. The molecule has 1 heterocycles. The normalized spacial score (nSPS) is 19.6. The number of esters is 1. The minimum absolute atomic E-state index is 0.0285. The predicted molar refractivity (Wildman–Crippen MR) is 119 cm³/mol. The van der Waals surface area contributed by atoms with Gasteiger partial charge in [-0.2, -0.15) is 0 Å². The maximum Gasteiger partial charge on any atom is 0.325 e. The first-order chi connectivity index (χ1) is 15.7. The van der Waals surface area contributed by atoms with E-state index in [1.807, 2.05) is 0 Å². The van der Waals surface area contributed by atoms with E-state index in [2.05, 4.69) is 5.32 Å². The number of nitrogens with one attached hydrogen (secondary N) is 1. The van der Waals surface area contributed by atoms with Gasteiger partial charge in [0.05, 0.1) is 25.7 Å². The monoisotopic (exact) mass is 482 g/mol. The summed E-state index contributed by atoms with van der Waals surface area (Å²) >= 11 is 0. The molecule has 2 fully saturated rings. The van der Waals surface area contributed by atoms with Crippen LogP contribution in [0.15, 0.2) is 18.2 Å². The van der Waals surface area contributed by atoms with E-state index in [0.717, 1.165) is 25.7 Å². The highest BCUT2D eigenvalue weighted by Crippen LogP contribution is 2.29. The van der Waals surface area contributed by atoms with E-state index < -0.39 is 40.8 Å². The van der Waals surface area contributed by atoms with Gasteiger partial charge in [-0.15, -0.1) is 0 Å². The quantitative estimate of drug-likeness (QED) is 0.515. The molecule has 0 aromatic heterocycles. The average Bonchev–Trinajstić information content (AvgIpc) is 3.45. The van der Waals surface area contributed by atoms with E-state index in [9.17, 15) is 22.8 Å². The number of ether oxygens (including phenoxy) is 3. The maximum absolute atomic E-state index is 12.9. The molecule has 2 aliphatic rings. The number of carbonyl (C=O) groups is 3. The Hall–Kier alpha value is -2.82. The smallest absolute Gasteiger partial charge is 0.325 e. The number of carbonyl (C=O) groups excluding carboxylic acids is 3. The average molecular weight is 483 g/mol. The molecular formula is C22H30N2O8S. The fraction of sp³-hybridized carbons (Fsp3) is 0.591. The third-order valence-electron chi connectivity index (χ3n) is 6.00. The lowest BCUT2D eigenvalue weighted by Crippen LogP contribution is -2.48. The second-order valence-electron chi connectivity index (χ2n) is 8.21. The molecule has 10 nitrogen and oxygen atoms in total. The largest absolute Gasteiger partial charge is 0.493 e. The molecule has 1 unspecified atom stereocenters. The molecule has 1 saturated heterocycles. The van der Waals surface area contributed by atoms with Crippen LogP contribution in [0.1, 0.15) is 42.5 Å². The second-order valence-corrected chi connectivity index (χ2v) is 10.4. The van der Waals surface area contributed by atoms with Crippen LogP contribution in [0.4, 0.5) is 0 Å². The van der Waals surface area contributed by atoms with Crippen molar-refractivity contribution < 1.29 is 37.0 Å². The van der Waals surface area contributed by atoms with Crippen LogP contribution in [0, 0.1) is 0 Å². The van der Waals surface area contributed by atoms with Crippen molar-refractivity contribution in [3.05, 3.63) is 23.8 Å². The van der Waals surface area contributed by atoms with E-state index in [0.29, 0.717) is 17.9 Å². The molecule has 0 spiro atoms. The Kier molecular flexibility index (Phi) is 8.17. The van der Waals surface area contributed by atoms with Gasteiger partial charge in [-0.25, -0.2) is 8.42 Å². The minimum atomic E-state index is -3.15. The first kappa shape index (κ1) is 24.8. The Morgan fingerprint density at radius 2 is 1.73 bits per heavy atom. The second kappa shape index (κ2) is 10.9.